The average Bonchev–Trinajstić information content (AvgIpc) is 2.59. The number of hydrogen-bond donors (Lipinski definition) is 2. The van der Waals surface area contributed by atoms with Crippen LogP contribution in [0.25, 0.3) is 0 Å². The van der Waals surface area contributed by atoms with E-state index in [0.29, 0.717) is 13.2 Å². The molecule has 5 nitrogen and oxygen atoms in total. The fraction of sp³-hybridized carbons (Fsp3) is 0.278. The lowest BCUT2D eigenvalue weighted by Crippen LogP contribution is -2.45. The summed E-state index contributed by atoms with van der Waals surface area (Å²) >= 11 is 0. The number of halogens is 1. The lowest BCUT2D eigenvalue weighted by Gasteiger charge is -2.22. The smallest absolute Gasteiger partial charge is 0.254 e. The molecule has 1 aliphatic rings. The Morgan fingerprint density at radius 3 is 2.33 bits per heavy atom. The molecule has 128 valence electrons. The molecule has 1 fully saturated rings. The number of anilines is 1. The van der Waals surface area contributed by atoms with Crippen LogP contribution in [0.2, 0.25) is 0 Å². The highest BCUT2D eigenvalue weighted by atomic mass is 35.5. The van der Waals surface area contributed by atoms with E-state index in [9.17, 15) is 4.79 Å². The molecule has 1 unspecified atom stereocenters. The van der Waals surface area contributed by atoms with Gasteiger partial charge in [0.05, 0.1) is 6.61 Å². The molecular formula is C18H21ClN2O3. The number of carbonyl (C=O) groups is 1. The molecule has 1 heterocycles. The zero-order valence-electron chi connectivity index (χ0n) is 13.5. The van der Waals surface area contributed by atoms with Gasteiger partial charge >= 0.3 is 0 Å². The molecule has 2 N–H and O–H groups in total. The van der Waals surface area contributed by atoms with Gasteiger partial charge in [-0.25, -0.2) is 0 Å². The number of rotatable bonds is 4. The lowest BCUT2D eigenvalue weighted by atomic mass is 10.2. The monoisotopic (exact) mass is 348 g/mol. The maximum Gasteiger partial charge on any atom is 0.254 e. The number of amides is 1. The second kappa shape index (κ2) is 8.68. The van der Waals surface area contributed by atoms with Gasteiger partial charge in [-0.2, -0.15) is 0 Å². The highest BCUT2D eigenvalue weighted by Crippen LogP contribution is 2.23. The van der Waals surface area contributed by atoms with Gasteiger partial charge in [0.1, 0.15) is 17.6 Å². The van der Waals surface area contributed by atoms with E-state index >= 15 is 0 Å². The number of ether oxygens (including phenoxy) is 2. The minimum absolute atomic E-state index is 0. The van der Waals surface area contributed by atoms with E-state index in [4.69, 9.17) is 9.47 Å². The molecule has 3 rings (SSSR count). The zero-order chi connectivity index (χ0) is 16.1. The predicted octanol–water partition coefficient (Wildman–Crippen LogP) is 3.14. The minimum Gasteiger partial charge on any atom is -0.457 e. The zero-order valence-corrected chi connectivity index (χ0v) is 14.3. The van der Waals surface area contributed by atoms with Crippen molar-refractivity contribution in [2.24, 2.45) is 0 Å². The number of carbonyl (C=O) groups excluding carboxylic acids is 1. The molecule has 2 aromatic carbocycles. The predicted molar refractivity (Wildman–Crippen MR) is 96.2 cm³/mol. The first-order chi connectivity index (χ1) is 11.2. The number of benzene rings is 2. The van der Waals surface area contributed by atoms with Crippen molar-refractivity contribution in [1.82, 2.24) is 5.32 Å². The second-order valence-corrected chi connectivity index (χ2v) is 5.49. The second-order valence-electron chi connectivity index (χ2n) is 5.49. The van der Waals surface area contributed by atoms with Crippen molar-refractivity contribution in [1.29, 1.82) is 0 Å². The van der Waals surface area contributed by atoms with Crippen molar-refractivity contribution < 1.29 is 14.3 Å². The van der Waals surface area contributed by atoms with Crippen LogP contribution in [-0.2, 0) is 9.53 Å². The standard InChI is InChI=1S/C18H20N2O3.ClH/c1-13-2-6-15(7-3-13)23-16-8-4-14(5-9-16)20-18(21)17-12-19-10-11-22-17;/h2-9,17,19H,10-12H2,1H3,(H,20,21);1H. The van der Waals surface area contributed by atoms with Gasteiger partial charge in [-0.1, -0.05) is 17.7 Å². The summed E-state index contributed by atoms with van der Waals surface area (Å²) in [7, 11) is 0. The van der Waals surface area contributed by atoms with Gasteiger partial charge in [0.2, 0.25) is 0 Å². The van der Waals surface area contributed by atoms with Crippen LogP contribution in [0.15, 0.2) is 48.5 Å². The molecule has 0 spiro atoms. The molecule has 0 saturated carbocycles. The number of nitrogens with one attached hydrogen (secondary N) is 2. The normalized spacial score (nSPS) is 16.8. The first-order valence-electron chi connectivity index (χ1n) is 7.68. The van der Waals surface area contributed by atoms with Crippen LogP contribution in [0.4, 0.5) is 5.69 Å². The van der Waals surface area contributed by atoms with Crippen molar-refractivity contribution >= 4 is 24.0 Å². The quantitative estimate of drug-likeness (QED) is 0.891. The van der Waals surface area contributed by atoms with Crippen LogP contribution in [0.1, 0.15) is 5.56 Å². The third-order valence-corrected chi connectivity index (χ3v) is 3.60. The van der Waals surface area contributed by atoms with Gasteiger partial charge in [0, 0.05) is 18.8 Å². The van der Waals surface area contributed by atoms with Crippen molar-refractivity contribution in [2.45, 2.75) is 13.0 Å². The SMILES string of the molecule is Cc1ccc(Oc2ccc(NC(=O)C3CNCCO3)cc2)cc1.Cl. The number of morpholine rings is 1. The maximum atomic E-state index is 12.1. The van der Waals surface area contributed by atoms with Crippen LogP contribution in [0.5, 0.6) is 11.5 Å². The van der Waals surface area contributed by atoms with Crippen LogP contribution in [0.3, 0.4) is 0 Å². The Kier molecular flexibility index (Phi) is 6.61. The summed E-state index contributed by atoms with van der Waals surface area (Å²) < 4.78 is 11.2. The Bertz CT molecular complexity index is 653. The van der Waals surface area contributed by atoms with E-state index in [1.165, 1.54) is 5.56 Å². The molecule has 0 bridgehead atoms. The molecule has 0 aliphatic carbocycles. The summed E-state index contributed by atoms with van der Waals surface area (Å²) in [6.45, 7) is 3.92. The molecule has 1 amide bonds. The maximum absolute atomic E-state index is 12.1. The van der Waals surface area contributed by atoms with E-state index in [0.717, 1.165) is 23.7 Å². The summed E-state index contributed by atoms with van der Waals surface area (Å²) in [5.41, 5.74) is 1.91. The Balaban J connectivity index is 0.00000208. The summed E-state index contributed by atoms with van der Waals surface area (Å²) in [5, 5.41) is 5.99. The Labute approximate surface area is 147 Å². The highest BCUT2D eigenvalue weighted by Gasteiger charge is 2.21. The molecular weight excluding hydrogens is 328 g/mol. The third-order valence-electron chi connectivity index (χ3n) is 3.60. The first kappa shape index (κ1) is 18.3. The van der Waals surface area contributed by atoms with Crippen molar-refractivity contribution in [2.75, 3.05) is 25.0 Å². The minimum atomic E-state index is -0.438. The Hall–Kier alpha value is -2.08. The fourth-order valence-electron chi connectivity index (χ4n) is 2.31. The van der Waals surface area contributed by atoms with Gasteiger partial charge in [-0.3, -0.25) is 4.79 Å². The molecule has 2 aromatic rings. The van der Waals surface area contributed by atoms with Gasteiger partial charge in [0.25, 0.3) is 5.91 Å². The fourth-order valence-corrected chi connectivity index (χ4v) is 2.31. The van der Waals surface area contributed by atoms with Crippen LogP contribution >= 0.6 is 12.4 Å². The molecule has 24 heavy (non-hydrogen) atoms. The topological polar surface area (TPSA) is 59.6 Å². The van der Waals surface area contributed by atoms with Gasteiger partial charge in [-0.05, 0) is 43.3 Å². The molecule has 6 heteroatoms. The third kappa shape index (κ3) is 4.96. The summed E-state index contributed by atoms with van der Waals surface area (Å²) in [4.78, 5) is 12.1. The van der Waals surface area contributed by atoms with Crippen LogP contribution in [-0.4, -0.2) is 31.7 Å². The number of aryl methyl sites for hydroxylation is 1. The Morgan fingerprint density at radius 2 is 1.75 bits per heavy atom. The van der Waals surface area contributed by atoms with E-state index in [-0.39, 0.29) is 18.3 Å². The number of hydrogen-bond acceptors (Lipinski definition) is 4. The summed E-state index contributed by atoms with van der Waals surface area (Å²) in [6.07, 6.45) is -0.438. The highest BCUT2D eigenvalue weighted by molar-refractivity contribution is 5.94. The van der Waals surface area contributed by atoms with Gasteiger partial charge in [-0.15, -0.1) is 12.4 Å². The molecule has 1 aliphatic heterocycles. The van der Waals surface area contributed by atoms with Crippen molar-refractivity contribution in [3.63, 3.8) is 0 Å². The first-order valence-corrected chi connectivity index (χ1v) is 7.68. The van der Waals surface area contributed by atoms with E-state index in [1.54, 1.807) is 0 Å². The van der Waals surface area contributed by atoms with E-state index in [1.807, 2.05) is 55.5 Å². The van der Waals surface area contributed by atoms with Gasteiger partial charge in [0.15, 0.2) is 0 Å². The van der Waals surface area contributed by atoms with E-state index < -0.39 is 6.10 Å². The Morgan fingerprint density at radius 1 is 1.12 bits per heavy atom. The summed E-state index contributed by atoms with van der Waals surface area (Å²) in [6, 6.07) is 15.2. The summed E-state index contributed by atoms with van der Waals surface area (Å²) in [5.74, 6) is 1.38. The molecule has 0 radical (unpaired) electrons. The van der Waals surface area contributed by atoms with Crippen LogP contribution < -0.4 is 15.4 Å². The molecule has 1 atom stereocenters. The van der Waals surface area contributed by atoms with Crippen molar-refractivity contribution in [3.8, 4) is 11.5 Å². The van der Waals surface area contributed by atoms with E-state index in [2.05, 4.69) is 10.6 Å². The largest absolute Gasteiger partial charge is 0.457 e. The van der Waals surface area contributed by atoms with Gasteiger partial charge < -0.3 is 20.1 Å². The lowest BCUT2D eigenvalue weighted by molar-refractivity contribution is -0.128. The molecule has 0 aromatic heterocycles. The molecule has 1 saturated heterocycles. The van der Waals surface area contributed by atoms with Crippen LogP contribution in [0, 0.1) is 6.92 Å². The van der Waals surface area contributed by atoms with Crippen molar-refractivity contribution in [3.05, 3.63) is 54.1 Å². The average molecular weight is 349 g/mol.